The topological polar surface area (TPSA) is 53.6 Å². The highest BCUT2D eigenvalue weighted by Gasteiger charge is 2.12. The molecule has 3 heteroatoms. The Labute approximate surface area is 85.2 Å². The van der Waals surface area contributed by atoms with E-state index in [1.807, 2.05) is 24.3 Å². The SMILES string of the molecule is Oc1ccc2oc3ccccc3c2c1O. The van der Waals surface area contributed by atoms with Gasteiger partial charge in [-0.2, -0.15) is 0 Å². The summed E-state index contributed by atoms with van der Waals surface area (Å²) in [4.78, 5) is 0. The number of fused-ring (bicyclic) bond motifs is 3. The van der Waals surface area contributed by atoms with E-state index in [2.05, 4.69) is 0 Å². The highest BCUT2D eigenvalue weighted by molar-refractivity contribution is 6.08. The lowest BCUT2D eigenvalue weighted by atomic mass is 10.1. The second kappa shape index (κ2) is 2.67. The van der Waals surface area contributed by atoms with Gasteiger partial charge in [0.2, 0.25) is 0 Å². The first-order valence-corrected chi connectivity index (χ1v) is 4.59. The smallest absolute Gasteiger partial charge is 0.169 e. The standard InChI is InChI=1S/C12H8O3/c13-8-5-6-10-11(12(8)14)7-3-1-2-4-9(7)15-10/h1-6,13-14H. The number of hydrogen-bond donors (Lipinski definition) is 2. The number of furan rings is 1. The first kappa shape index (κ1) is 8.17. The normalized spacial score (nSPS) is 11.2. The quantitative estimate of drug-likeness (QED) is 0.548. The van der Waals surface area contributed by atoms with Crippen molar-refractivity contribution in [2.75, 3.05) is 0 Å². The van der Waals surface area contributed by atoms with E-state index in [0.717, 1.165) is 5.39 Å². The van der Waals surface area contributed by atoms with Gasteiger partial charge in [0.1, 0.15) is 11.2 Å². The summed E-state index contributed by atoms with van der Waals surface area (Å²) >= 11 is 0. The third kappa shape index (κ3) is 1.00. The average Bonchev–Trinajstić information content (AvgIpc) is 2.62. The largest absolute Gasteiger partial charge is 0.504 e. The third-order valence-corrected chi connectivity index (χ3v) is 2.49. The van der Waals surface area contributed by atoms with Gasteiger partial charge in [0.05, 0.1) is 5.39 Å². The van der Waals surface area contributed by atoms with Gasteiger partial charge in [-0.1, -0.05) is 18.2 Å². The third-order valence-electron chi connectivity index (χ3n) is 2.49. The van der Waals surface area contributed by atoms with Crippen molar-refractivity contribution < 1.29 is 14.6 Å². The number of aromatic hydroxyl groups is 2. The number of rotatable bonds is 0. The van der Waals surface area contributed by atoms with Crippen LogP contribution in [-0.2, 0) is 0 Å². The van der Waals surface area contributed by atoms with Crippen LogP contribution in [-0.4, -0.2) is 10.2 Å². The van der Waals surface area contributed by atoms with Crippen molar-refractivity contribution in [1.29, 1.82) is 0 Å². The molecule has 0 aliphatic heterocycles. The van der Waals surface area contributed by atoms with Crippen LogP contribution >= 0.6 is 0 Å². The molecule has 0 fully saturated rings. The van der Waals surface area contributed by atoms with Crippen molar-refractivity contribution in [3.8, 4) is 11.5 Å². The molecule has 0 bridgehead atoms. The molecule has 0 saturated carbocycles. The number of phenols is 2. The zero-order chi connectivity index (χ0) is 10.4. The lowest BCUT2D eigenvalue weighted by Crippen LogP contribution is -1.70. The van der Waals surface area contributed by atoms with Crippen LogP contribution in [0, 0.1) is 0 Å². The number of benzene rings is 2. The Morgan fingerprint density at radius 1 is 0.867 bits per heavy atom. The van der Waals surface area contributed by atoms with E-state index in [-0.39, 0.29) is 11.5 Å². The van der Waals surface area contributed by atoms with Crippen LogP contribution in [0.5, 0.6) is 11.5 Å². The summed E-state index contributed by atoms with van der Waals surface area (Å²) in [5.74, 6) is -0.258. The molecular formula is C12H8O3. The molecule has 3 nitrogen and oxygen atoms in total. The molecule has 2 N–H and O–H groups in total. The summed E-state index contributed by atoms with van der Waals surface area (Å²) in [5, 5.41) is 20.5. The second-order valence-corrected chi connectivity index (χ2v) is 3.40. The van der Waals surface area contributed by atoms with Gasteiger partial charge in [-0.15, -0.1) is 0 Å². The molecule has 3 rings (SSSR count). The fourth-order valence-electron chi connectivity index (χ4n) is 1.79. The molecule has 1 aromatic heterocycles. The minimum absolute atomic E-state index is 0.127. The Balaban J connectivity index is 2.63. The van der Waals surface area contributed by atoms with E-state index in [1.165, 1.54) is 6.07 Å². The monoisotopic (exact) mass is 200 g/mol. The second-order valence-electron chi connectivity index (χ2n) is 3.40. The van der Waals surface area contributed by atoms with Crippen LogP contribution in [0.2, 0.25) is 0 Å². The molecular weight excluding hydrogens is 192 g/mol. The summed E-state index contributed by atoms with van der Waals surface area (Å²) < 4.78 is 5.52. The van der Waals surface area contributed by atoms with Crippen LogP contribution in [0.3, 0.4) is 0 Å². The van der Waals surface area contributed by atoms with Gasteiger partial charge in [0, 0.05) is 5.39 Å². The van der Waals surface area contributed by atoms with Gasteiger partial charge in [-0.3, -0.25) is 0 Å². The number of hydrogen-bond acceptors (Lipinski definition) is 3. The molecule has 1 heterocycles. The van der Waals surface area contributed by atoms with E-state index < -0.39 is 0 Å². The van der Waals surface area contributed by atoms with E-state index in [4.69, 9.17) is 4.42 Å². The van der Waals surface area contributed by atoms with E-state index in [9.17, 15) is 10.2 Å². The first-order chi connectivity index (χ1) is 7.27. The minimum atomic E-state index is -0.131. The Kier molecular flexibility index (Phi) is 1.45. The lowest BCUT2D eigenvalue weighted by molar-refractivity contribution is 0.408. The fraction of sp³-hybridized carbons (Fsp3) is 0. The van der Waals surface area contributed by atoms with Gasteiger partial charge in [-0.25, -0.2) is 0 Å². The van der Waals surface area contributed by atoms with E-state index in [0.29, 0.717) is 16.6 Å². The average molecular weight is 200 g/mol. The summed E-state index contributed by atoms with van der Waals surface area (Å²) in [5.41, 5.74) is 1.28. The number of para-hydroxylation sites is 1. The predicted molar refractivity (Wildman–Crippen MR) is 57.0 cm³/mol. The molecule has 0 radical (unpaired) electrons. The van der Waals surface area contributed by atoms with E-state index >= 15 is 0 Å². The zero-order valence-electron chi connectivity index (χ0n) is 7.77. The molecule has 0 saturated heterocycles. The Hall–Kier alpha value is -2.16. The maximum Gasteiger partial charge on any atom is 0.169 e. The van der Waals surface area contributed by atoms with Gasteiger partial charge in [-0.05, 0) is 18.2 Å². The lowest BCUT2D eigenvalue weighted by Gasteiger charge is -1.97. The van der Waals surface area contributed by atoms with Gasteiger partial charge < -0.3 is 14.6 Å². The summed E-state index contributed by atoms with van der Waals surface area (Å²) in [6, 6.07) is 10.5. The highest BCUT2D eigenvalue weighted by atomic mass is 16.3. The van der Waals surface area contributed by atoms with Crippen molar-refractivity contribution in [2.24, 2.45) is 0 Å². The maximum atomic E-state index is 9.74. The molecule has 15 heavy (non-hydrogen) atoms. The molecule has 0 unspecified atom stereocenters. The molecule has 0 atom stereocenters. The van der Waals surface area contributed by atoms with Crippen LogP contribution in [0.1, 0.15) is 0 Å². The number of phenolic OH excluding ortho intramolecular Hbond substituents is 2. The molecule has 3 aromatic rings. The Morgan fingerprint density at radius 2 is 1.67 bits per heavy atom. The first-order valence-electron chi connectivity index (χ1n) is 4.59. The molecule has 74 valence electrons. The van der Waals surface area contributed by atoms with Crippen molar-refractivity contribution >= 4 is 21.9 Å². The van der Waals surface area contributed by atoms with Gasteiger partial charge in [0.25, 0.3) is 0 Å². The predicted octanol–water partition coefficient (Wildman–Crippen LogP) is 3.00. The molecule has 2 aromatic carbocycles. The van der Waals surface area contributed by atoms with Crippen molar-refractivity contribution in [1.82, 2.24) is 0 Å². The summed E-state index contributed by atoms with van der Waals surface area (Å²) in [7, 11) is 0. The van der Waals surface area contributed by atoms with Crippen molar-refractivity contribution in [3.63, 3.8) is 0 Å². The van der Waals surface area contributed by atoms with Crippen molar-refractivity contribution in [2.45, 2.75) is 0 Å². The van der Waals surface area contributed by atoms with Crippen LogP contribution in [0.4, 0.5) is 0 Å². The maximum absolute atomic E-state index is 9.74. The Morgan fingerprint density at radius 3 is 2.53 bits per heavy atom. The van der Waals surface area contributed by atoms with Gasteiger partial charge >= 0.3 is 0 Å². The van der Waals surface area contributed by atoms with Crippen molar-refractivity contribution in [3.05, 3.63) is 36.4 Å². The van der Waals surface area contributed by atoms with Crippen LogP contribution < -0.4 is 0 Å². The van der Waals surface area contributed by atoms with E-state index in [1.54, 1.807) is 6.07 Å². The van der Waals surface area contributed by atoms with Crippen LogP contribution in [0.15, 0.2) is 40.8 Å². The fourth-order valence-corrected chi connectivity index (χ4v) is 1.79. The zero-order valence-corrected chi connectivity index (χ0v) is 7.77. The molecule has 0 spiro atoms. The van der Waals surface area contributed by atoms with Gasteiger partial charge in [0.15, 0.2) is 11.5 Å². The Bertz CT molecular complexity index is 652. The molecule has 0 amide bonds. The summed E-state index contributed by atoms with van der Waals surface area (Å²) in [6.07, 6.45) is 0. The van der Waals surface area contributed by atoms with Crippen LogP contribution in [0.25, 0.3) is 21.9 Å². The summed E-state index contributed by atoms with van der Waals surface area (Å²) in [6.45, 7) is 0. The highest BCUT2D eigenvalue weighted by Crippen LogP contribution is 2.39. The molecule has 0 aliphatic carbocycles. The molecule has 0 aliphatic rings. The minimum Gasteiger partial charge on any atom is -0.504 e.